The smallest absolute Gasteiger partial charge is 0.260 e. The van der Waals surface area contributed by atoms with E-state index in [1.807, 2.05) is 40.8 Å². The highest BCUT2D eigenvalue weighted by molar-refractivity contribution is 5.78. The lowest BCUT2D eigenvalue weighted by Gasteiger charge is -2.30. The molecule has 0 unspecified atom stereocenters. The molecule has 3 rings (SSSR count). The topological polar surface area (TPSA) is 46.8 Å². The maximum Gasteiger partial charge on any atom is 0.260 e. The lowest BCUT2D eigenvalue weighted by atomic mass is 9.99. The van der Waals surface area contributed by atoms with Crippen LogP contribution in [0.3, 0.4) is 0 Å². The van der Waals surface area contributed by atoms with Gasteiger partial charge in [-0.25, -0.2) is 4.98 Å². The Balaban J connectivity index is 1.65. The third kappa shape index (κ3) is 3.01. The zero-order valence-electron chi connectivity index (χ0n) is 12.6. The summed E-state index contributed by atoms with van der Waals surface area (Å²) in [6.45, 7) is 5.95. The van der Waals surface area contributed by atoms with Crippen LogP contribution in [-0.4, -0.2) is 39.9 Å². The zero-order chi connectivity index (χ0) is 14.8. The van der Waals surface area contributed by atoms with Crippen LogP contribution in [-0.2, 0) is 4.79 Å². The average Bonchev–Trinajstić information content (AvgIpc) is 2.86. The van der Waals surface area contributed by atoms with Crippen LogP contribution in [0.5, 0.6) is 5.75 Å². The van der Waals surface area contributed by atoms with E-state index in [-0.39, 0.29) is 12.5 Å². The standard InChI is InChI=1S/C16H21N3O2/c1-12-5-8-18(9-6-12)15(20)11-21-14-4-3-7-19-10-13(2)17-16(14)19/h3-4,7,10,12H,5-6,8-9,11H2,1-2H3. The average molecular weight is 287 g/mol. The van der Waals surface area contributed by atoms with Gasteiger partial charge in [-0.1, -0.05) is 6.92 Å². The number of likely N-dealkylation sites (tertiary alicyclic amines) is 1. The van der Waals surface area contributed by atoms with Gasteiger partial charge in [0.2, 0.25) is 0 Å². The van der Waals surface area contributed by atoms with Crippen LogP contribution in [0.4, 0.5) is 0 Å². The van der Waals surface area contributed by atoms with Crippen LogP contribution in [0.25, 0.3) is 5.65 Å². The second kappa shape index (κ2) is 5.76. The molecule has 2 aromatic rings. The first-order chi connectivity index (χ1) is 10.1. The Kier molecular flexibility index (Phi) is 3.82. The number of imidazole rings is 1. The quantitative estimate of drug-likeness (QED) is 0.870. The number of amides is 1. The van der Waals surface area contributed by atoms with Gasteiger partial charge in [-0.2, -0.15) is 0 Å². The molecular formula is C16H21N3O2. The molecule has 1 saturated heterocycles. The minimum atomic E-state index is 0.0622. The van der Waals surface area contributed by atoms with Crippen molar-refractivity contribution in [2.45, 2.75) is 26.7 Å². The van der Waals surface area contributed by atoms with E-state index in [0.717, 1.165) is 43.2 Å². The molecule has 0 spiro atoms. The highest BCUT2D eigenvalue weighted by Gasteiger charge is 2.20. The summed E-state index contributed by atoms with van der Waals surface area (Å²) >= 11 is 0. The highest BCUT2D eigenvalue weighted by atomic mass is 16.5. The molecule has 5 nitrogen and oxygen atoms in total. The number of piperidine rings is 1. The molecule has 112 valence electrons. The van der Waals surface area contributed by atoms with Gasteiger partial charge in [-0.3, -0.25) is 4.79 Å². The summed E-state index contributed by atoms with van der Waals surface area (Å²) in [5.41, 5.74) is 1.69. The van der Waals surface area contributed by atoms with Crippen molar-refractivity contribution in [1.29, 1.82) is 0 Å². The molecule has 21 heavy (non-hydrogen) atoms. The number of rotatable bonds is 3. The van der Waals surface area contributed by atoms with E-state index >= 15 is 0 Å². The number of aryl methyl sites for hydroxylation is 1. The van der Waals surface area contributed by atoms with Gasteiger partial charge >= 0.3 is 0 Å². The molecule has 1 amide bonds. The van der Waals surface area contributed by atoms with Crippen molar-refractivity contribution < 1.29 is 9.53 Å². The summed E-state index contributed by atoms with van der Waals surface area (Å²) < 4.78 is 7.61. The minimum absolute atomic E-state index is 0.0622. The van der Waals surface area contributed by atoms with Gasteiger partial charge in [-0.05, 0) is 37.8 Å². The van der Waals surface area contributed by atoms with Crippen molar-refractivity contribution >= 4 is 11.6 Å². The fraction of sp³-hybridized carbons (Fsp3) is 0.500. The Labute approximate surface area is 124 Å². The summed E-state index contributed by atoms with van der Waals surface area (Å²) in [6.07, 6.45) is 6.04. The first-order valence-electron chi connectivity index (χ1n) is 7.48. The van der Waals surface area contributed by atoms with Crippen molar-refractivity contribution in [2.75, 3.05) is 19.7 Å². The number of aromatic nitrogens is 2. The molecule has 1 fully saturated rings. The number of carbonyl (C=O) groups is 1. The maximum absolute atomic E-state index is 12.2. The fourth-order valence-corrected chi connectivity index (χ4v) is 2.71. The summed E-state index contributed by atoms with van der Waals surface area (Å²) in [5, 5.41) is 0. The Hall–Kier alpha value is -2.04. The normalized spacial score (nSPS) is 16.4. The first-order valence-corrected chi connectivity index (χ1v) is 7.48. The van der Waals surface area contributed by atoms with Crippen LogP contribution in [0.2, 0.25) is 0 Å². The summed E-state index contributed by atoms with van der Waals surface area (Å²) in [4.78, 5) is 18.5. The SMILES string of the molecule is Cc1cn2cccc(OCC(=O)N3CCC(C)CC3)c2n1. The van der Waals surface area contributed by atoms with Gasteiger partial charge in [0.05, 0.1) is 5.69 Å². The van der Waals surface area contributed by atoms with E-state index in [4.69, 9.17) is 4.74 Å². The molecule has 0 radical (unpaired) electrons. The molecular weight excluding hydrogens is 266 g/mol. The number of nitrogens with zero attached hydrogens (tertiary/aromatic N) is 3. The van der Waals surface area contributed by atoms with Crippen LogP contribution in [0, 0.1) is 12.8 Å². The highest BCUT2D eigenvalue weighted by Crippen LogP contribution is 2.20. The number of hydrogen-bond donors (Lipinski definition) is 0. The summed E-state index contributed by atoms with van der Waals surface area (Å²) in [7, 11) is 0. The third-order valence-electron chi connectivity index (χ3n) is 4.05. The summed E-state index contributed by atoms with van der Waals surface area (Å²) in [5.74, 6) is 1.44. The second-order valence-electron chi connectivity index (χ2n) is 5.84. The van der Waals surface area contributed by atoms with Crippen LogP contribution in [0.15, 0.2) is 24.5 Å². The van der Waals surface area contributed by atoms with Crippen molar-refractivity contribution in [3.8, 4) is 5.75 Å². The Morgan fingerprint density at radius 1 is 1.43 bits per heavy atom. The first kappa shape index (κ1) is 13.9. The molecule has 3 heterocycles. The molecule has 0 bridgehead atoms. The monoisotopic (exact) mass is 287 g/mol. The van der Waals surface area contributed by atoms with E-state index in [0.29, 0.717) is 5.75 Å². The zero-order valence-corrected chi connectivity index (χ0v) is 12.6. The van der Waals surface area contributed by atoms with Crippen molar-refractivity contribution in [3.05, 3.63) is 30.2 Å². The molecule has 0 aromatic carbocycles. The molecule has 2 aromatic heterocycles. The molecule has 0 saturated carbocycles. The van der Waals surface area contributed by atoms with E-state index in [2.05, 4.69) is 11.9 Å². The van der Waals surface area contributed by atoms with Crippen LogP contribution >= 0.6 is 0 Å². The van der Waals surface area contributed by atoms with E-state index in [9.17, 15) is 4.79 Å². The molecule has 1 aliphatic heterocycles. The van der Waals surface area contributed by atoms with Crippen LogP contribution in [0.1, 0.15) is 25.5 Å². The van der Waals surface area contributed by atoms with Gasteiger partial charge in [0.1, 0.15) is 0 Å². The fourth-order valence-electron chi connectivity index (χ4n) is 2.71. The van der Waals surface area contributed by atoms with E-state index < -0.39 is 0 Å². The van der Waals surface area contributed by atoms with Gasteiger partial charge in [0.25, 0.3) is 5.91 Å². The number of hydrogen-bond acceptors (Lipinski definition) is 3. The number of fused-ring (bicyclic) bond motifs is 1. The van der Waals surface area contributed by atoms with Crippen molar-refractivity contribution in [1.82, 2.24) is 14.3 Å². The van der Waals surface area contributed by atoms with Crippen molar-refractivity contribution in [2.24, 2.45) is 5.92 Å². The molecule has 0 N–H and O–H groups in total. The van der Waals surface area contributed by atoms with Gasteiger partial charge in [0.15, 0.2) is 18.0 Å². The predicted molar refractivity (Wildman–Crippen MR) is 80.4 cm³/mol. The van der Waals surface area contributed by atoms with Gasteiger partial charge in [-0.15, -0.1) is 0 Å². The number of carbonyl (C=O) groups excluding carboxylic acids is 1. The lowest BCUT2D eigenvalue weighted by molar-refractivity contribution is -0.134. The number of pyridine rings is 1. The molecule has 0 atom stereocenters. The van der Waals surface area contributed by atoms with Crippen LogP contribution < -0.4 is 4.74 Å². The van der Waals surface area contributed by atoms with Crippen molar-refractivity contribution in [3.63, 3.8) is 0 Å². The second-order valence-corrected chi connectivity index (χ2v) is 5.84. The molecule has 5 heteroatoms. The maximum atomic E-state index is 12.2. The van der Waals surface area contributed by atoms with E-state index in [1.165, 1.54) is 0 Å². The van der Waals surface area contributed by atoms with Gasteiger partial charge in [0, 0.05) is 25.5 Å². The third-order valence-corrected chi connectivity index (χ3v) is 4.05. The number of ether oxygens (including phenoxy) is 1. The Bertz CT molecular complexity index is 642. The van der Waals surface area contributed by atoms with Gasteiger partial charge < -0.3 is 14.0 Å². The lowest BCUT2D eigenvalue weighted by Crippen LogP contribution is -2.40. The summed E-state index contributed by atoms with van der Waals surface area (Å²) in [6, 6.07) is 3.75. The Morgan fingerprint density at radius 2 is 2.19 bits per heavy atom. The van der Waals surface area contributed by atoms with E-state index in [1.54, 1.807) is 0 Å². The predicted octanol–water partition coefficient (Wildman–Crippen LogP) is 2.28. The largest absolute Gasteiger partial charge is 0.480 e. The molecule has 1 aliphatic rings. The minimum Gasteiger partial charge on any atom is -0.480 e. The Morgan fingerprint density at radius 3 is 2.95 bits per heavy atom. The molecule has 0 aliphatic carbocycles.